The normalized spacial score (nSPS) is 17.9. The van der Waals surface area contributed by atoms with Crippen molar-refractivity contribution in [2.45, 2.75) is 57.2 Å². The third kappa shape index (κ3) is 5.73. The van der Waals surface area contributed by atoms with Crippen molar-refractivity contribution in [3.05, 3.63) is 60.7 Å². The van der Waals surface area contributed by atoms with E-state index >= 15 is 0 Å². The van der Waals surface area contributed by atoms with Crippen LogP contribution in [0.4, 0.5) is 0 Å². The van der Waals surface area contributed by atoms with Gasteiger partial charge in [-0.3, -0.25) is 0 Å². The van der Waals surface area contributed by atoms with Crippen molar-refractivity contribution in [3.8, 4) is 0 Å². The van der Waals surface area contributed by atoms with Gasteiger partial charge in [-0.15, -0.1) is 0 Å². The molecular formula is C23H32NOPS. The SMILES string of the molecule is CC(C)(C)[S@@](=O)N[C@H](CP(c1ccccc1)c1ccccc1)C1CCCC1. The van der Waals surface area contributed by atoms with E-state index in [-0.39, 0.29) is 4.75 Å². The highest BCUT2D eigenvalue weighted by Gasteiger charge is 2.32. The summed E-state index contributed by atoms with van der Waals surface area (Å²) in [6, 6.07) is 22.0. The molecule has 0 aromatic heterocycles. The van der Waals surface area contributed by atoms with Crippen LogP contribution in [0.1, 0.15) is 46.5 Å². The number of benzene rings is 2. The molecule has 0 unspecified atom stereocenters. The maximum absolute atomic E-state index is 12.9. The molecule has 146 valence electrons. The van der Waals surface area contributed by atoms with Crippen LogP contribution in [0.3, 0.4) is 0 Å². The van der Waals surface area contributed by atoms with Crippen molar-refractivity contribution in [3.63, 3.8) is 0 Å². The Bertz CT molecular complexity index is 684. The second-order valence-corrected chi connectivity index (χ2v) is 12.7. The van der Waals surface area contributed by atoms with E-state index in [1.165, 1.54) is 36.3 Å². The molecule has 2 nitrogen and oxygen atoms in total. The summed E-state index contributed by atoms with van der Waals surface area (Å²) in [5.74, 6) is 0.633. The molecule has 27 heavy (non-hydrogen) atoms. The molecule has 1 saturated carbocycles. The van der Waals surface area contributed by atoms with Crippen molar-refractivity contribution in [1.82, 2.24) is 4.72 Å². The minimum absolute atomic E-state index is 0.237. The zero-order chi connectivity index (χ0) is 19.3. The summed E-state index contributed by atoms with van der Waals surface area (Å²) in [7, 11) is -1.50. The largest absolute Gasteiger partial charge is 0.242 e. The van der Waals surface area contributed by atoms with E-state index in [1.807, 2.05) is 0 Å². The zero-order valence-corrected chi connectivity index (χ0v) is 18.4. The lowest BCUT2D eigenvalue weighted by molar-refractivity contribution is 0.434. The van der Waals surface area contributed by atoms with E-state index in [4.69, 9.17) is 0 Å². The van der Waals surface area contributed by atoms with Crippen molar-refractivity contribution >= 4 is 29.5 Å². The van der Waals surface area contributed by atoms with Crippen LogP contribution in [0.15, 0.2) is 60.7 Å². The molecule has 2 aromatic carbocycles. The molecule has 4 heteroatoms. The first-order chi connectivity index (χ1) is 12.9. The van der Waals surface area contributed by atoms with Crippen LogP contribution >= 0.6 is 7.92 Å². The molecule has 1 N–H and O–H groups in total. The van der Waals surface area contributed by atoms with Gasteiger partial charge >= 0.3 is 0 Å². The van der Waals surface area contributed by atoms with Crippen LogP contribution in [0.25, 0.3) is 0 Å². The molecule has 3 rings (SSSR count). The van der Waals surface area contributed by atoms with E-state index in [9.17, 15) is 4.21 Å². The molecule has 2 aromatic rings. The minimum Gasteiger partial charge on any atom is -0.242 e. The summed E-state index contributed by atoms with van der Waals surface area (Å²) in [4.78, 5) is 0. The van der Waals surface area contributed by atoms with E-state index in [0.29, 0.717) is 12.0 Å². The fraction of sp³-hybridized carbons (Fsp3) is 0.478. The summed E-state index contributed by atoms with van der Waals surface area (Å²) in [5.41, 5.74) is 0. The molecule has 1 aliphatic carbocycles. The third-order valence-corrected chi connectivity index (χ3v) is 9.53. The van der Waals surface area contributed by atoms with Crippen LogP contribution in [0.5, 0.6) is 0 Å². The zero-order valence-electron chi connectivity index (χ0n) is 16.7. The smallest absolute Gasteiger partial charge is 0.0972 e. The number of hydrogen-bond acceptors (Lipinski definition) is 1. The lowest BCUT2D eigenvalue weighted by Crippen LogP contribution is -2.45. The van der Waals surface area contributed by atoms with Gasteiger partial charge in [0.2, 0.25) is 0 Å². The molecule has 0 spiro atoms. The standard InChI is InChI=1S/C23H32NOPS/c1-23(2,3)27(25)24-22(19-12-10-11-13-19)18-26(20-14-6-4-7-15-20)21-16-8-5-9-17-21/h4-9,14-17,19,22,24H,10-13,18H2,1-3H3/t22-,27-/m1/s1. The van der Waals surface area contributed by atoms with Gasteiger partial charge < -0.3 is 0 Å². The second-order valence-electron chi connectivity index (χ2n) is 8.43. The van der Waals surface area contributed by atoms with Crippen LogP contribution in [0.2, 0.25) is 0 Å². The molecule has 2 atom stereocenters. The Balaban J connectivity index is 1.88. The highest BCUT2D eigenvalue weighted by atomic mass is 32.2. The monoisotopic (exact) mass is 401 g/mol. The van der Waals surface area contributed by atoms with Gasteiger partial charge in [0.15, 0.2) is 0 Å². The first-order valence-corrected chi connectivity index (χ1v) is 12.7. The van der Waals surface area contributed by atoms with Gasteiger partial charge in [0, 0.05) is 6.04 Å². The maximum atomic E-state index is 12.9. The fourth-order valence-corrected chi connectivity index (χ4v) is 7.32. The lowest BCUT2D eigenvalue weighted by atomic mass is 10.0. The van der Waals surface area contributed by atoms with Crippen LogP contribution in [-0.4, -0.2) is 21.2 Å². The van der Waals surface area contributed by atoms with Crippen molar-refractivity contribution in [2.75, 3.05) is 6.16 Å². The van der Waals surface area contributed by atoms with Gasteiger partial charge in [-0.1, -0.05) is 73.5 Å². The Hall–Kier alpha value is -1.02. The minimum atomic E-state index is -1.03. The first kappa shape index (κ1) is 20.7. The Morgan fingerprint density at radius 1 is 0.963 bits per heavy atom. The second kappa shape index (κ2) is 9.45. The van der Waals surface area contributed by atoms with E-state index in [0.717, 1.165) is 6.16 Å². The van der Waals surface area contributed by atoms with E-state index < -0.39 is 18.9 Å². The summed E-state index contributed by atoms with van der Waals surface area (Å²) in [5, 5.41) is 2.81. The lowest BCUT2D eigenvalue weighted by Gasteiger charge is -2.31. The Morgan fingerprint density at radius 2 is 1.44 bits per heavy atom. The van der Waals surface area contributed by atoms with Crippen molar-refractivity contribution in [2.24, 2.45) is 5.92 Å². The first-order valence-electron chi connectivity index (χ1n) is 10.0. The number of rotatable bonds is 7. The maximum Gasteiger partial charge on any atom is 0.0972 e. The van der Waals surface area contributed by atoms with Gasteiger partial charge in [-0.25, -0.2) is 8.93 Å². The highest BCUT2D eigenvalue weighted by molar-refractivity contribution is 7.84. The van der Waals surface area contributed by atoms with Crippen LogP contribution in [-0.2, 0) is 11.0 Å². The summed E-state index contributed by atoms with van der Waals surface area (Å²) in [6.07, 6.45) is 6.17. The van der Waals surface area contributed by atoms with E-state index in [2.05, 4.69) is 86.2 Å². The molecule has 0 aliphatic heterocycles. The quantitative estimate of drug-likeness (QED) is 0.668. The Morgan fingerprint density at radius 3 is 1.89 bits per heavy atom. The van der Waals surface area contributed by atoms with Gasteiger partial charge in [0.05, 0.1) is 15.7 Å². The molecule has 0 amide bonds. The Kier molecular flexibility index (Phi) is 7.25. The summed E-state index contributed by atoms with van der Waals surface area (Å²) >= 11 is 0. The van der Waals surface area contributed by atoms with Gasteiger partial charge in [-0.05, 0) is 64.2 Å². The summed E-state index contributed by atoms with van der Waals surface area (Å²) in [6.45, 7) is 6.16. The van der Waals surface area contributed by atoms with Crippen LogP contribution < -0.4 is 15.3 Å². The Labute approximate surface area is 168 Å². The average Bonchev–Trinajstić information content (AvgIpc) is 3.20. The van der Waals surface area contributed by atoms with Crippen molar-refractivity contribution < 1.29 is 4.21 Å². The van der Waals surface area contributed by atoms with Gasteiger partial charge in [0.25, 0.3) is 0 Å². The fourth-order valence-electron chi connectivity index (χ4n) is 3.73. The predicted molar refractivity (Wildman–Crippen MR) is 121 cm³/mol. The molecule has 0 bridgehead atoms. The highest BCUT2D eigenvalue weighted by Crippen LogP contribution is 2.39. The molecule has 0 radical (unpaired) electrons. The molecule has 1 aliphatic rings. The molecular weight excluding hydrogens is 369 g/mol. The number of hydrogen-bond donors (Lipinski definition) is 1. The average molecular weight is 402 g/mol. The van der Waals surface area contributed by atoms with Crippen molar-refractivity contribution in [1.29, 1.82) is 0 Å². The predicted octanol–water partition coefficient (Wildman–Crippen LogP) is 4.73. The molecule has 0 heterocycles. The number of nitrogens with one attached hydrogen (secondary N) is 1. The van der Waals surface area contributed by atoms with E-state index in [1.54, 1.807) is 0 Å². The molecule has 1 fully saturated rings. The van der Waals surface area contributed by atoms with Gasteiger partial charge in [0.1, 0.15) is 0 Å². The van der Waals surface area contributed by atoms with Gasteiger partial charge in [-0.2, -0.15) is 0 Å². The summed E-state index contributed by atoms with van der Waals surface area (Å²) < 4.78 is 16.2. The van der Waals surface area contributed by atoms with Crippen LogP contribution in [0, 0.1) is 5.92 Å². The topological polar surface area (TPSA) is 29.1 Å². The molecule has 0 saturated heterocycles. The third-order valence-electron chi connectivity index (χ3n) is 5.30.